The van der Waals surface area contributed by atoms with Crippen LogP contribution in [0.2, 0.25) is 0 Å². The molecule has 0 spiro atoms. The van der Waals surface area contributed by atoms with Gasteiger partial charge in [-0.05, 0) is 31.2 Å². The van der Waals surface area contributed by atoms with Crippen molar-refractivity contribution >= 4 is 17.9 Å². The van der Waals surface area contributed by atoms with Gasteiger partial charge in [0.2, 0.25) is 0 Å². The van der Waals surface area contributed by atoms with Crippen LogP contribution in [0.1, 0.15) is 21.5 Å². The Kier molecular flexibility index (Phi) is 4.00. The molecule has 20 heavy (non-hydrogen) atoms. The number of benzene rings is 2. The van der Waals surface area contributed by atoms with Gasteiger partial charge in [-0.2, -0.15) is 5.10 Å². The summed E-state index contributed by atoms with van der Waals surface area (Å²) < 4.78 is 0. The number of carboxylic acids is 1. The van der Waals surface area contributed by atoms with Crippen molar-refractivity contribution < 1.29 is 15.0 Å². The molecule has 0 bridgehead atoms. The first-order chi connectivity index (χ1) is 9.58. The monoisotopic (exact) mass is 270 g/mol. The zero-order chi connectivity index (χ0) is 14.5. The molecule has 102 valence electrons. The lowest BCUT2D eigenvalue weighted by Crippen LogP contribution is -2.02. The number of anilines is 1. The zero-order valence-corrected chi connectivity index (χ0v) is 10.9. The molecular weight excluding hydrogens is 256 g/mol. The maximum absolute atomic E-state index is 11.0. The minimum atomic E-state index is -1.03. The minimum Gasteiger partial charge on any atom is -0.507 e. The molecule has 0 unspecified atom stereocenters. The van der Waals surface area contributed by atoms with Crippen molar-refractivity contribution in [2.45, 2.75) is 6.92 Å². The number of hydrogen-bond donors (Lipinski definition) is 3. The summed E-state index contributed by atoms with van der Waals surface area (Å²) in [6, 6.07) is 11.6. The van der Waals surface area contributed by atoms with Gasteiger partial charge in [-0.1, -0.05) is 23.8 Å². The molecule has 0 heterocycles. The Morgan fingerprint density at radius 1 is 1.25 bits per heavy atom. The summed E-state index contributed by atoms with van der Waals surface area (Å²) in [7, 11) is 0. The first-order valence-corrected chi connectivity index (χ1v) is 5.99. The molecule has 5 nitrogen and oxygen atoms in total. The molecule has 0 atom stereocenters. The lowest BCUT2D eigenvalue weighted by molar-refractivity contribution is 0.0698. The van der Waals surface area contributed by atoms with Crippen molar-refractivity contribution in [1.82, 2.24) is 0 Å². The number of phenols is 1. The first kappa shape index (κ1) is 13.6. The fourth-order valence-electron chi connectivity index (χ4n) is 1.72. The molecular formula is C15H14N2O3. The number of aromatic hydroxyl groups is 1. The van der Waals surface area contributed by atoms with E-state index in [9.17, 15) is 9.90 Å². The van der Waals surface area contributed by atoms with Crippen molar-refractivity contribution in [2.75, 3.05) is 5.43 Å². The molecule has 0 fully saturated rings. The Morgan fingerprint density at radius 3 is 2.75 bits per heavy atom. The fraction of sp³-hybridized carbons (Fsp3) is 0.0667. The largest absolute Gasteiger partial charge is 0.507 e. The quantitative estimate of drug-likeness (QED) is 0.589. The van der Waals surface area contributed by atoms with Crippen molar-refractivity contribution in [3.05, 3.63) is 59.2 Å². The number of nitrogens with zero attached hydrogens (tertiary/aromatic N) is 1. The second-order valence-electron chi connectivity index (χ2n) is 4.28. The maximum Gasteiger partial charge on any atom is 0.337 e. The minimum absolute atomic E-state index is 0.118. The van der Waals surface area contributed by atoms with Crippen LogP contribution in [0.3, 0.4) is 0 Å². The van der Waals surface area contributed by atoms with Crippen LogP contribution in [0.15, 0.2) is 47.6 Å². The van der Waals surface area contributed by atoms with Crippen LogP contribution in [-0.4, -0.2) is 22.4 Å². The average Bonchev–Trinajstić information content (AvgIpc) is 2.43. The molecule has 3 N–H and O–H groups in total. The third-order valence-electron chi connectivity index (χ3n) is 2.73. The number of phenolic OH excluding ortho intramolecular Hbond substituents is 1. The lowest BCUT2D eigenvalue weighted by Gasteiger charge is -2.04. The normalized spacial score (nSPS) is 10.7. The van der Waals surface area contributed by atoms with Crippen molar-refractivity contribution in [3.63, 3.8) is 0 Å². The van der Waals surface area contributed by atoms with Gasteiger partial charge in [0.1, 0.15) is 5.75 Å². The number of para-hydroxylation sites is 1. The number of hydrogen-bond acceptors (Lipinski definition) is 4. The lowest BCUT2D eigenvalue weighted by atomic mass is 10.1. The first-order valence-electron chi connectivity index (χ1n) is 5.99. The standard InChI is InChI=1S/C15H14N2O3/c1-10-6-7-14(18)11(8-10)9-16-17-13-5-3-2-4-12(13)15(19)20/h2-9,17-18H,1H3,(H,19,20)/b16-9-. The summed E-state index contributed by atoms with van der Waals surface area (Å²) in [5.41, 5.74) is 4.75. The summed E-state index contributed by atoms with van der Waals surface area (Å²) in [5.74, 6) is -0.908. The molecule has 0 aliphatic rings. The van der Waals surface area contributed by atoms with Crippen LogP contribution >= 0.6 is 0 Å². The molecule has 0 aliphatic carbocycles. The summed E-state index contributed by atoms with van der Waals surface area (Å²) in [6.45, 7) is 1.91. The number of aromatic carboxylic acids is 1. The van der Waals surface area contributed by atoms with E-state index in [-0.39, 0.29) is 11.3 Å². The van der Waals surface area contributed by atoms with Crippen LogP contribution in [0.25, 0.3) is 0 Å². The van der Waals surface area contributed by atoms with Crippen LogP contribution in [-0.2, 0) is 0 Å². The predicted molar refractivity (Wildman–Crippen MR) is 77.5 cm³/mol. The van der Waals surface area contributed by atoms with E-state index in [0.717, 1.165) is 5.56 Å². The molecule has 0 aromatic heterocycles. The highest BCUT2D eigenvalue weighted by atomic mass is 16.4. The number of nitrogens with one attached hydrogen (secondary N) is 1. The summed E-state index contributed by atoms with van der Waals surface area (Å²) >= 11 is 0. The van der Waals surface area contributed by atoms with E-state index >= 15 is 0 Å². The van der Waals surface area contributed by atoms with E-state index < -0.39 is 5.97 Å². The average molecular weight is 270 g/mol. The number of carboxylic acid groups (broad SMARTS) is 1. The van der Waals surface area contributed by atoms with E-state index in [1.807, 2.05) is 6.92 Å². The van der Waals surface area contributed by atoms with Crippen LogP contribution in [0.4, 0.5) is 5.69 Å². The van der Waals surface area contributed by atoms with E-state index in [2.05, 4.69) is 10.5 Å². The van der Waals surface area contributed by atoms with Gasteiger partial charge in [0, 0.05) is 5.56 Å². The van der Waals surface area contributed by atoms with E-state index in [0.29, 0.717) is 11.3 Å². The van der Waals surface area contributed by atoms with Gasteiger partial charge in [0.15, 0.2) is 0 Å². The van der Waals surface area contributed by atoms with Gasteiger partial charge in [-0.25, -0.2) is 4.79 Å². The summed E-state index contributed by atoms with van der Waals surface area (Å²) in [5, 5.41) is 22.7. The molecule has 5 heteroatoms. The van der Waals surface area contributed by atoms with Gasteiger partial charge >= 0.3 is 5.97 Å². The topological polar surface area (TPSA) is 81.9 Å². The van der Waals surface area contributed by atoms with E-state index in [1.165, 1.54) is 12.3 Å². The van der Waals surface area contributed by atoms with Crippen LogP contribution in [0, 0.1) is 6.92 Å². The highest BCUT2D eigenvalue weighted by Gasteiger charge is 2.07. The second-order valence-corrected chi connectivity index (χ2v) is 4.28. The molecule has 0 saturated carbocycles. The van der Waals surface area contributed by atoms with Crippen molar-refractivity contribution in [2.24, 2.45) is 5.10 Å². The maximum atomic E-state index is 11.0. The molecule has 2 aromatic carbocycles. The number of carbonyl (C=O) groups is 1. The third kappa shape index (κ3) is 3.14. The highest BCUT2D eigenvalue weighted by Crippen LogP contribution is 2.17. The Balaban J connectivity index is 2.18. The Hall–Kier alpha value is -2.82. The fourth-order valence-corrected chi connectivity index (χ4v) is 1.72. The molecule has 0 aliphatic heterocycles. The predicted octanol–water partition coefficient (Wildman–Crippen LogP) is 2.84. The second kappa shape index (κ2) is 5.88. The van der Waals surface area contributed by atoms with Gasteiger partial charge < -0.3 is 10.2 Å². The summed E-state index contributed by atoms with van der Waals surface area (Å²) in [4.78, 5) is 11.0. The zero-order valence-electron chi connectivity index (χ0n) is 10.9. The van der Waals surface area contributed by atoms with Gasteiger partial charge in [0.25, 0.3) is 0 Å². The van der Waals surface area contributed by atoms with Crippen molar-refractivity contribution in [3.8, 4) is 5.75 Å². The van der Waals surface area contributed by atoms with Crippen LogP contribution < -0.4 is 5.43 Å². The van der Waals surface area contributed by atoms with Gasteiger partial charge in [0.05, 0.1) is 17.5 Å². The van der Waals surface area contributed by atoms with E-state index in [1.54, 1.807) is 36.4 Å². The highest BCUT2D eigenvalue weighted by molar-refractivity contribution is 5.94. The summed E-state index contributed by atoms with van der Waals surface area (Å²) in [6.07, 6.45) is 1.45. The SMILES string of the molecule is Cc1ccc(O)c(/C=N\Nc2ccccc2C(=O)O)c1. The Morgan fingerprint density at radius 2 is 2.00 bits per heavy atom. The number of hydrazone groups is 1. The van der Waals surface area contributed by atoms with Gasteiger partial charge in [-0.3, -0.25) is 5.43 Å². The van der Waals surface area contributed by atoms with E-state index in [4.69, 9.17) is 5.11 Å². The number of aryl methyl sites for hydroxylation is 1. The molecule has 2 rings (SSSR count). The molecule has 0 saturated heterocycles. The smallest absolute Gasteiger partial charge is 0.337 e. The van der Waals surface area contributed by atoms with Gasteiger partial charge in [-0.15, -0.1) is 0 Å². The molecule has 0 radical (unpaired) electrons. The Labute approximate surface area is 116 Å². The molecule has 0 amide bonds. The number of rotatable bonds is 4. The Bertz CT molecular complexity index is 666. The molecule has 2 aromatic rings. The van der Waals surface area contributed by atoms with Crippen LogP contribution in [0.5, 0.6) is 5.75 Å². The third-order valence-corrected chi connectivity index (χ3v) is 2.73. The van der Waals surface area contributed by atoms with Crippen molar-refractivity contribution in [1.29, 1.82) is 0 Å².